The van der Waals surface area contributed by atoms with Crippen LogP contribution < -0.4 is 10.1 Å². The lowest BCUT2D eigenvalue weighted by atomic mass is 10.2. The minimum absolute atomic E-state index is 0.290. The smallest absolute Gasteiger partial charge is 0.265 e. The molecule has 0 aromatic heterocycles. The molecule has 0 bridgehead atoms. The third-order valence-electron chi connectivity index (χ3n) is 3.04. The van der Waals surface area contributed by atoms with Crippen LogP contribution in [0.2, 0.25) is 5.02 Å². The van der Waals surface area contributed by atoms with Crippen molar-refractivity contribution < 1.29 is 9.53 Å². The van der Waals surface area contributed by atoms with Crippen LogP contribution in [0.5, 0.6) is 5.75 Å². The van der Waals surface area contributed by atoms with E-state index in [-0.39, 0.29) is 5.91 Å². The number of halogens is 1. The van der Waals surface area contributed by atoms with Crippen molar-refractivity contribution in [2.75, 3.05) is 5.32 Å². The molecule has 112 valence electrons. The van der Waals surface area contributed by atoms with Crippen LogP contribution in [0.3, 0.4) is 0 Å². The average molecular weight is 315 g/mol. The fraction of sp³-hybridized carbons (Fsp3) is 0.176. The highest BCUT2D eigenvalue weighted by atomic mass is 35.5. The van der Waals surface area contributed by atoms with Crippen LogP contribution in [0.15, 0.2) is 42.5 Å². The summed E-state index contributed by atoms with van der Waals surface area (Å²) in [5, 5.41) is 11.9. The van der Waals surface area contributed by atoms with E-state index >= 15 is 0 Å². The quantitative estimate of drug-likeness (QED) is 0.930. The van der Waals surface area contributed by atoms with Crippen molar-refractivity contribution in [3.63, 3.8) is 0 Å². The normalized spacial score (nSPS) is 11.4. The molecule has 2 aromatic carbocycles. The summed E-state index contributed by atoms with van der Waals surface area (Å²) in [4.78, 5) is 12.1. The molecule has 0 radical (unpaired) electrons. The molecule has 1 unspecified atom stereocenters. The number of ether oxygens (including phenoxy) is 1. The Hall–Kier alpha value is -2.51. The van der Waals surface area contributed by atoms with Crippen molar-refractivity contribution in [2.24, 2.45) is 0 Å². The molecule has 0 spiro atoms. The van der Waals surface area contributed by atoms with E-state index in [1.165, 1.54) is 0 Å². The minimum Gasteiger partial charge on any atom is -0.479 e. The lowest BCUT2D eigenvalue weighted by Crippen LogP contribution is -2.30. The van der Waals surface area contributed by atoms with Gasteiger partial charge in [0.05, 0.1) is 16.7 Å². The van der Waals surface area contributed by atoms with E-state index in [0.717, 1.165) is 5.56 Å². The van der Waals surface area contributed by atoms with Crippen molar-refractivity contribution >= 4 is 23.2 Å². The highest BCUT2D eigenvalue weighted by Crippen LogP contribution is 2.26. The predicted molar refractivity (Wildman–Crippen MR) is 86.1 cm³/mol. The van der Waals surface area contributed by atoms with E-state index < -0.39 is 6.10 Å². The highest BCUT2D eigenvalue weighted by Gasteiger charge is 2.16. The number of hydrogen-bond donors (Lipinski definition) is 1. The molecule has 1 atom stereocenters. The molecule has 2 aromatic rings. The first kappa shape index (κ1) is 15.9. The monoisotopic (exact) mass is 314 g/mol. The van der Waals surface area contributed by atoms with Gasteiger partial charge in [-0.05, 0) is 55.8 Å². The van der Waals surface area contributed by atoms with Crippen LogP contribution in [-0.2, 0) is 4.79 Å². The van der Waals surface area contributed by atoms with Gasteiger partial charge in [-0.3, -0.25) is 4.79 Å². The molecular formula is C17H15ClN2O2. The number of aryl methyl sites for hydroxylation is 1. The van der Waals surface area contributed by atoms with Crippen molar-refractivity contribution in [1.29, 1.82) is 5.26 Å². The maximum absolute atomic E-state index is 12.1. The molecule has 0 saturated carbocycles. The first-order valence-corrected chi connectivity index (χ1v) is 7.11. The second-order valence-electron chi connectivity index (χ2n) is 4.87. The van der Waals surface area contributed by atoms with Gasteiger partial charge in [0.15, 0.2) is 6.10 Å². The topological polar surface area (TPSA) is 62.1 Å². The first-order chi connectivity index (χ1) is 10.5. The molecule has 0 heterocycles. The first-order valence-electron chi connectivity index (χ1n) is 6.73. The maximum atomic E-state index is 12.1. The van der Waals surface area contributed by atoms with Gasteiger partial charge >= 0.3 is 0 Å². The number of benzene rings is 2. The Labute approximate surface area is 134 Å². The summed E-state index contributed by atoms with van der Waals surface area (Å²) in [6.45, 7) is 3.57. The number of nitriles is 1. The molecule has 1 amide bonds. The van der Waals surface area contributed by atoms with E-state index in [1.54, 1.807) is 43.3 Å². The van der Waals surface area contributed by atoms with E-state index in [0.29, 0.717) is 22.0 Å². The SMILES string of the molecule is Cc1ccc(Cl)c(OC(C)C(=O)Nc2ccc(C#N)cc2)c1. The zero-order valence-corrected chi connectivity index (χ0v) is 13.0. The molecule has 5 heteroatoms. The largest absolute Gasteiger partial charge is 0.479 e. The van der Waals surface area contributed by atoms with Crippen molar-refractivity contribution in [3.8, 4) is 11.8 Å². The van der Waals surface area contributed by atoms with Gasteiger partial charge in [-0.2, -0.15) is 5.26 Å². The number of nitrogens with zero attached hydrogens (tertiary/aromatic N) is 1. The van der Waals surface area contributed by atoms with Crippen LogP contribution in [0, 0.1) is 18.3 Å². The summed E-state index contributed by atoms with van der Waals surface area (Å²) >= 11 is 6.05. The van der Waals surface area contributed by atoms with Gasteiger partial charge in [-0.15, -0.1) is 0 Å². The van der Waals surface area contributed by atoms with Crippen LogP contribution in [-0.4, -0.2) is 12.0 Å². The lowest BCUT2D eigenvalue weighted by Gasteiger charge is -2.16. The Morgan fingerprint density at radius 3 is 2.59 bits per heavy atom. The van der Waals surface area contributed by atoms with Crippen LogP contribution >= 0.6 is 11.6 Å². The van der Waals surface area contributed by atoms with E-state index in [9.17, 15) is 4.79 Å². The van der Waals surface area contributed by atoms with Crippen molar-refractivity contribution in [3.05, 3.63) is 58.6 Å². The molecule has 1 N–H and O–H groups in total. The number of carbonyl (C=O) groups excluding carboxylic acids is 1. The van der Waals surface area contributed by atoms with Crippen LogP contribution in [0.4, 0.5) is 5.69 Å². The summed E-state index contributed by atoms with van der Waals surface area (Å²) in [5.41, 5.74) is 2.14. The van der Waals surface area contributed by atoms with E-state index in [4.69, 9.17) is 21.6 Å². The lowest BCUT2D eigenvalue weighted by molar-refractivity contribution is -0.122. The highest BCUT2D eigenvalue weighted by molar-refractivity contribution is 6.32. The molecule has 2 rings (SSSR count). The fourth-order valence-electron chi connectivity index (χ4n) is 1.82. The predicted octanol–water partition coefficient (Wildman–Crippen LogP) is 3.93. The second-order valence-corrected chi connectivity index (χ2v) is 5.28. The third-order valence-corrected chi connectivity index (χ3v) is 3.35. The summed E-state index contributed by atoms with van der Waals surface area (Å²) in [5.74, 6) is 0.187. The van der Waals surface area contributed by atoms with Gasteiger partial charge in [-0.25, -0.2) is 0 Å². The molecule has 0 aliphatic carbocycles. The molecular weight excluding hydrogens is 300 g/mol. The Bertz CT molecular complexity index is 720. The van der Waals surface area contributed by atoms with Gasteiger partial charge in [0.25, 0.3) is 5.91 Å². The number of anilines is 1. The second kappa shape index (κ2) is 6.97. The number of hydrogen-bond acceptors (Lipinski definition) is 3. The molecule has 0 aliphatic heterocycles. The molecule has 0 fully saturated rings. The van der Waals surface area contributed by atoms with E-state index in [1.807, 2.05) is 19.1 Å². The van der Waals surface area contributed by atoms with Gasteiger partial charge < -0.3 is 10.1 Å². The Balaban J connectivity index is 2.02. The summed E-state index contributed by atoms with van der Waals surface area (Å²) in [6.07, 6.45) is -0.699. The van der Waals surface area contributed by atoms with Crippen LogP contribution in [0.1, 0.15) is 18.1 Å². The molecule has 0 aliphatic rings. The Morgan fingerprint density at radius 1 is 1.27 bits per heavy atom. The van der Waals surface area contributed by atoms with Gasteiger partial charge in [-0.1, -0.05) is 17.7 Å². The number of nitrogens with one attached hydrogen (secondary N) is 1. The zero-order valence-electron chi connectivity index (χ0n) is 12.3. The third kappa shape index (κ3) is 4.00. The van der Waals surface area contributed by atoms with E-state index in [2.05, 4.69) is 5.32 Å². The summed E-state index contributed by atoms with van der Waals surface area (Å²) in [6, 6.07) is 14.0. The molecule has 22 heavy (non-hydrogen) atoms. The van der Waals surface area contributed by atoms with Crippen molar-refractivity contribution in [1.82, 2.24) is 0 Å². The average Bonchev–Trinajstić information content (AvgIpc) is 2.51. The molecule has 0 saturated heterocycles. The maximum Gasteiger partial charge on any atom is 0.265 e. The van der Waals surface area contributed by atoms with Gasteiger partial charge in [0.1, 0.15) is 5.75 Å². The van der Waals surface area contributed by atoms with Crippen molar-refractivity contribution in [2.45, 2.75) is 20.0 Å². The Kier molecular flexibility index (Phi) is 5.03. The fourth-order valence-corrected chi connectivity index (χ4v) is 1.98. The number of amides is 1. The number of carbonyl (C=O) groups is 1. The zero-order chi connectivity index (χ0) is 16.1. The van der Waals surface area contributed by atoms with Gasteiger partial charge in [0, 0.05) is 5.69 Å². The summed E-state index contributed by atoms with van der Waals surface area (Å²) < 4.78 is 5.61. The standard InChI is InChI=1S/C17H15ClN2O2/c1-11-3-8-15(18)16(9-11)22-12(2)17(21)20-14-6-4-13(10-19)5-7-14/h3-9,12H,1-2H3,(H,20,21). The molecule has 4 nitrogen and oxygen atoms in total. The van der Waals surface area contributed by atoms with Crippen LogP contribution in [0.25, 0.3) is 0 Å². The Morgan fingerprint density at radius 2 is 1.95 bits per heavy atom. The minimum atomic E-state index is -0.699. The number of rotatable bonds is 4. The summed E-state index contributed by atoms with van der Waals surface area (Å²) in [7, 11) is 0. The van der Waals surface area contributed by atoms with Gasteiger partial charge in [0.2, 0.25) is 0 Å².